The number of piperidine rings is 1. The fourth-order valence-corrected chi connectivity index (χ4v) is 5.64. The van der Waals surface area contributed by atoms with Crippen molar-refractivity contribution in [3.63, 3.8) is 0 Å². The molecular weight excluding hydrogens is 458 g/mol. The van der Waals surface area contributed by atoms with Crippen molar-refractivity contribution < 1.29 is 27.5 Å². The second-order valence-electron chi connectivity index (χ2n) is 8.58. The summed E-state index contributed by atoms with van der Waals surface area (Å²) in [5, 5.41) is 5.14. The lowest BCUT2D eigenvalue weighted by Gasteiger charge is -2.34. The fourth-order valence-electron chi connectivity index (χ4n) is 3.96. The summed E-state index contributed by atoms with van der Waals surface area (Å²) in [5.41, 5.74) is 1.08. The molecule has 10 heteroatoms. The van der Waals surface area contributed by atoms with E-state index in [4.69, 9.17) is 0 Å². The largest absolute Gasteiger partial charge is 0.468 e. The van der Waals surface area contributed by atoms with Gasteiger partial charge >= 0.3 is 5.97 Å². The minimum Gasteiger partial charge on any atom is -0.468 e. The zero-order chi connectivity index (χ0) is 24.9. The van der Waals surface area contributed by atoms with E-state index in [0.29, 0.717) is 41.7 Å². The van der Waals surface area contributed by atoms with E-state index in [1.807, 2.05) is 13.8 Å². The van der Waals surface area contributed by atoms with Crippen LogP contribution in [-0.4, -0.2) is 57.3 Å². The van der Waals surface area contributed by atoms with E-state index >= 15 is 0 Å². The van der Waals surface area contributed by atoms with Crippen molar-refractivity contribution in [2.75, 3.05) is 32.1 Å². The highest BCUT2D eigenvalue weighted by atomic mass is 32.2. The Labute approximate surface area is 199 Å². The second kappa shape index (κ2) is 10.8. The van der Waals surface area contributed by atoms with Gasteiger partial charge in [0.15, 0.2) is 0 Å². The molecule has 3 rings (SSSR count). The highest BCUT2D eigenvalue weighted by molar-refractivity contribution is 7.89. The summed E-state index contributed by atoms with van der Waals surface area (Å²) in [6.45, 7) is 4.84. The molecule has 0 saturated carbocycles. The maximum Gasteiger partial charge on any atom is 0.325 e. The predicted molar refractivity (Wildman–Crippen MR) is 127 cm³/mol. The predicted octanol–water partition coefficient (Wildman–Crippen LogP) is 2.51. The summed E-state index contributed by atoms with van der Waals surface area (Å²) >= 11 is 0. The van der Waals surface area contributed by atoms with Gasteiger partial charge in [-0.1, -0.05) is 13.8 Å². The van der Waals surface area contributed by atoms with E-state index in [1.165, 1.54) is 47.8 Å². The average Bonchev–Trinajstić information content (AvgIpc) is 2.82. The number of esters is 1. The Balaban J connectivity index is 1.62. The van der Waals surface area contributed by atoms with Crippen molar-refractivity contribution in [1.29, 1.82) is 0 Å². The lowest BCUT2D eigenvalue weighted by atomic mass is 9.94. The first kappa shape index (κ1) is 25.4. The van der Waals surface area contributed by atoms with Gasteiger partial charge in [-0.25, -0.2) is 8.42 Å². The molecule has 0 radical (unpaired) electrons. The van der Waals surface area contributed by atoms with Crippen LogP contribution in [0.2, 0.25) is 0 Å². The Morgan fingerprint density at radius 3 is 2.00 bits per heavy atom. The van der Waals surface area contributed by atoms with E-state index < -0.39 is 27.8 Å². The summed E-state index contributed by atoms with van der Waals surface area (Å²) in [7, 11) is -2.39. The summed E-state index contributed by atoms with van der Waals surface area (Å²) in [4.78, 5) is 35.9. The van der Waals surface area contributed by atoms with Crippen LogP contribution in [0.4, 0.5) is 5.69 Å². The monoisotopic (exact) mass is 487 g/mol. The van der Waals surface area contributed by atoms with Crippen LogP contribution < -0.4 is 10.6 Å². The molecule has 1 aliphatic rings. The van der Waals surface area contributed by atoms with Crippen molar-refractivity contribution in [1.82, 2.24) is 9.62 Å². The Morgan fingerprint density at radius 1 is 0.912 bits per heavy atom. The van der Waals surface area contributed by atoms with Crippen LogP contribution in [0, 0.1) is 11.8 Å². The molecule has 2 aromatic rings. The van der Waals surface area contributed by atoms with E-state index in [2.05, 4.69) is 15.4 Å². The van der Waals surface area contributed by atoms with Crippen molar-refractivity contribution in [2.45, 2.75) is 25.2 Å². The van der Waals surface area contributed by atoms with Gasteiger partial charge in [-0.15, -0.1) is 0 Å². The van der Waals surface area contributed by atoms with E-state index in [9.17, 15) is 22.8 Å². The van der Waals surface area contributed by atoms with Gasteiger partial charge in [-0.3, -0.25) is 14.4 Å². The standard InChI is InChI=1S/C24H29N3O6S/c1-16-12-17(2)15-27(14-16)34(31,32)21-10-6-19(7-11-21)24(30)26-20-8-4-18(5-9-20)23(29)25-13-22(28)33-3/h4-11,16-17H,12-15H2,1-3H3,(H,25,29)(H,26,30)/t16-,17+. The van der Waals surface area contributed by atoms with Gasteiger partial charge in [0.1, 0.15) is 6.54 Å². The quantitative estimate of drug-likeness (QED) is 0.579. The summed E-state index contributed by atoms with van der Waals surface area (Å²) in [6.07, 6.45) is 1.00. The number of benzene rings is 2. The van der Waals surface area contributed by atoms with Gasteiger partial charge in [-0.05, 0) is 66.8 Å². The number of nitrogens with zero attached hydrogens (tertiary/aromatic N) is 1. The molecule has 34 heavy (non-hydrogen) atoms. The minimum atomic E-state index is -3.62. The molecule has 1 heterocycles. The smallest absolute Gasteiger partial charge is 0.325 e. The lowest BCUT2D eigenvalue weighted by molar-refractivity contribution is -0.139. The third kappa shape index (κ3) is 6.21. The number of amides is 2. The lowest BCUT2D eigenvalue weighted by Crippen LogP contribution is -2.42. The number of anilines is 1. The van der Waals surface area contributed by atoms with Crippen LogP contribution in [-0.2, 0) is 19.6 Å². The molecule has 2 amide bonds. The molecule has 1 fully saturated rings. The molecule has 2 N–H and O–H groups in total. The van der Waals surface area contributed by atoms with Gasteiger partial charge in [0.2, 0.25) is 10.0 Å². The number of nitrogens with one attached hydrogen (secondary N) is 2. The van der Waals surface area contributed by atoms with Crippen LogP contribution in [0.5, 0.6) is 0 Å². The zero-order valence-corrected chi connectivity index (χ0v) is 20.2. The Morgan fingerprint density at radius 2 is 1.44 bits per heavy atom. The summed E-state index contributed by atoms with van der Waals surface area (Å²) < 4.78 is 32.0. The third-order valence-corrected chi connectivity index (χ3v) is 7.46. The Kier molecular flexibility index (Phi) is 8.06. The third-order valence-electron chi connectivity index (χ3n) is 5.62. The molecule has 2 atom stereocenters. The zero-order valence-electron chi connectivity index (χ0n) is 19.4. The number of sulfonamides is 1. The molecule has 182 valence electrons. The topological polar surface area (TPSA) is 122 Å². The molecule has 2 aromatic carbocycles. The Hall–Kier alpha value is -3.24. The van der Waals surface area contributed by atoms with Gasteiger partial charge in [-0.2, -0.15) is 4.31 Å². The number of carbonyl (C=O) groups is 3. The van der Waals surface area contributed by atoms with Crippen molar-refractivity contribution >= 4 is 33.5 Å². The SMILES string of the molecule is COC(=O)CNC(=O)c1ccc(NC(=O)c2ccc(S(=O)(=O)N3C[C@H](C)C[C@H](C)C3)cc2)cc1. The van der Waals surface area contributed by atoms with Crippen LogP contribution >= 0.6 is 0 Å². The van der Waals surface area contributed by atoms with E-state index in [-0.39, 0.29) is 11.4 Å². The molecule has 0 aromatic heterocycles. The van der Waals surface area contributed by atoms with Gasteiger partial charge in [0, 0.05) is 29.9 Å². The van der Waals surface area contributed by atoms with E-state index in [1.54, 1.807) is 12.1 Å². The van der Waals surface area contributed by atoms with Gasteiger partial charge in [0.05, 0.1) is 12.0 Å². The first-order valence-corrected chi connectivity index (χ1v) is 12.4. The van der Waals surface area contributed by atoms with Gasteiger partial charge in [0.25, 0.3) is 11.8 Å². The molecular formula is C24H29N3O6S. The first-order valence-electron chi connectivity index (χ1n) is 11.0. The molecule has 1 saturated heterocycles. The molecule has 0 spiro atoms. The normalized spacial score (nSPS) is 18.7. The molecule has 0 bridgehead atoms. The molecule has 0 aliphatic carbocycles. The van der Waals surface area contributed by atoms with Gasteiger partial charge < -0.3 is 15.4 Å². The van der Waals surface area contributed by atoms with Crippen LogP contribution in [0.15, 0.2) is 53.4 Å². The number of hydrogen-bond donors (Lipinski definition) is 2. The first-order chi connectivity index (χ1) is 16.1. The van der Waals surface area contributed by atoms with Crippen LogP contribution in [0.1, 0.15) is 41.0 Å². The molecule has 1 aliphatic heterocycles. The summed E-state index contributed by atoms with van der Waals surface area (Å²) in [6, 6.07) is 12.0. The number of rotatable bonds is 7. The number of carbonyl (C=O) groups excluding carboxylic acids is 3. The minimum absolute atomic E-state index is 0.160. The summed E-state index contributed by atoms with van der Waals surface area (Å²) in [5.74, 6) is -0.816. The van der Waals surface area contributed by atoms with Crippen molar-refractivity contribution in [3.05, 3.63) is 59.7 Å². The Bertz CT molecular complexity index is 1140. The van der Waals surface area contributed by atoms with Crippen molar-refractivity contribution in [3.8, 4) is 0 Å². The number of methoxy groups -OCH3 is 1. The van der Waals surface area contributed by atoms with Crippen LogP contribution in [0.3, 0.4) is 0 Å². The fraction of sp³-hybridized carbons (Fsp3) is 0.375. The van der Waals surface area contributed by atoms with Crippen molar-refractivity contribution in [2.24, 2.45) is 11.8 Å². The van der Waals surface area contributed by atoms with E-state index in [0.717, 1.165) is 6.42 Å². The average molecular weight is 488 g/mol. The maximum absolute atomic E-state index is 13.0. The second-order valence-corrected chi connectivity index (χ2v) is 10.5. The van der Waals surface area contributed by atoms with Crippen LogP contribution in [0.25, 0.3) is 0 Å². The molecule has 0 unspecified atom stereocenters. The number of hydrogen-bond acceptors (Lipinski definition) is 6. The highest BCUT2D eigenvalue weighted by Gasteiger charge is 2.31. The number of ether oxygens (including phenoxy) is 1. The highest BCUT2D eigenvalue weighted by Crippen LogP contribution is 2.27. The maximum atomic E-state index is 13.0. The molecule has 9 nitrogen and oxygen atoms in total.